The van der Waals surface area contributed by atoms with E-state index >= 15 is 0 Å². The zero-order valence-corrected chi connectivity index (χ0v) is 14.2. The van der Waals surface area contributed by atoms with Crippen molar-refractivity contribution in [2.24, 2.45) is 11.8 Å². The number of rotatable bonds is 3. The van der Waals surface area contributed by atoms with Gasteiger partial charge in [0.15, 0.2) is 0 Å². The van der Waals surface area contributed by atoms with E-state index in [0.29, 0.717) is 12.1 Å². The van der Waals surface area contributed by atoms with Gasteiger partial charge in [0, 0.05) is 18.1 Å². The molecule has 0 radical (unpaired) electrons. The zero-order valence-electron chi connectivity index (χ0n) is 14.2. The lowest BCUT2D eigenvalue weighted by Gasteiger charge is -2.48. The number of nitriles is 1. The van der Waals surface area contributed by atoms with Crippen LogP contribution < -0.4 is 0 Å². The topological polar surface area (TPSA) is 27.0 Å². The van der Waals surface area contributed by atoms with Crippen molar-refractivity contribution >= 4 is 0 Å². The molecular formula is C20H32N2. The minimum absolute atomic E-state index is 0.267. The fourth-order valence-electron chi connectivity index (χ4n) is 4.98. The van der Waals surface area contributed by atoms with Crippen molar-refractivity contribution in [2.45, 2.75) is 95.7 Å². The van der Waals surface area contributed by atoms with Crippen LogP contribution >= 0.6 is 0 Å². The van der Waals surface area contributed by atoms with Gasteiger partial charge in [0.2, 0.25) is 0 Å². The van der Waals surface area contributed by atoms with Crippen molar-refractivity contribution in [3.8, 4) is 6.07 Å². The molecule has 4 unspecified atom stereocenters. The first-order valence-electron chi connectivity index (χ1n) is 9.65. The molecule has 2 saturated carbocycles. The number of nitrogens with zero attached hydrogens (tertiary/aromatic N) is 2. The molecule has 0 aromatic rings. The number of hydrogen-bond donors (Lipinski definition) is 0. The SMILES string of the molecule is CC1C=CC(N(C2CCCCC2)C2CCCCC2C#N)CC1. The first-order chi connectivity index (χ1) is 10.8. The smallest absolute Gasteiger partial charge is 0.0672 e. The maximum absolute atomic E-state index is 9.65. The predicted molar refractivity (Wildman–Crippen MR) is 91.4 cm³/mol. The van der Waals surface area contributed by atoms with Crippen molar-refractivity contribution in [3.63, 3.8) is 0 Å². The summed E-state index contributed by atoms with van der Waals surface area (Å²) in [4.78, 5) is 2.83. The van der Waals surface area contributed by atoms with Gasteiger partial charge in [0.1, 0.15) is 0 Å². The van der Waals surface area contributed by atoms with E-state index in [1.54, 1.807) is 0 Å². The standard InChI is InChI=1S/C20H32N2/c1-16-11-13-19(14-12-16)22(18-8-3-2-4-9-18)20-10-6-5-7-17(20)15-21/h11,13,16-20H,2-10,12,14H2,1H3. The van der Waals surface area contributed by atoms with Crippen molar-refractivity contribution < 1.29 is 0 Å². The summed E-state index contributed by atoms with van der Waals surface area (Å²) < 4.78 is 0. The molecule has 3 aliphatic carbocycles. The molecule has 4 atom stereocenters. The lowest BCUT2D eigenvalue weighted by atomic mass is 9.80. The monoisotopic (exact) mass is 300 g/mol. The van der Waals surface area contributed by atoms with Gasteiger partial charge in [-0.1, -0.05) is 51.2 Å². The molecule has 2 nitrogen and oxygen atoms in total. The van der Waals surface area contributed by atoms with E-state index < -0.39 is 0 Å². The Hall–Kier alpha value is -0.810. The highest BCUT2D eigenvalue weighted by Crippen LogP contribution is 2.37. The second-order valence-electron chi connectivity index (χ2n) is 7.83. The van der Waals surface area contributed by atoms with Crippen LogP contribution in [0.2, 0.25) is 0 Å². The second kappa shape index (κ2) is 7.64. The summed E-state index contributed by atoms with van der Waals surface area (Å²) in [5.41, 5.74) is 0. The Morgan fingerprint density at radius 2 is 1.59 bits per heavy atom. The minimum atomic E-state index is 0.267. The highest BCUT2D eigenvalue weighted by Gasteiger charge is 2.38. The van der Waals surface area contributed by atoms with Crippen LogP contribution in [0, 0.1) is 23.2 Å². The molecule has 122 valence electrons. The molecule has 0 aliphatic heterocycles. The third-order valence-electron chi connectivity index (χ3n) is 6.24. The molecule has 3 rings (SSSR count). The van der Waals surface area contributed by atoms with Gasteiger partial charge >= 0.3 is 0 Å². The summed E-state index contributed by atoms with van der Waals surface area (Å²) in [5.74, 6) is 1.01. The Morgan fingerprint density at radius 3 is 2.27 bits per heavy atom. The third kappa shape index (κ3) is 3.57. The second-order valence-corrected chi connectivity index (χ2v) is 7.83. The fraction of sp³-hybridized carbons (Fsp3) is 0.850. The molecule has 0 N–H and O–H groups in total. The highest BCUT2D eigenvalue weighted by atomic mass is 15.2. The van der Waals surface area contributed by atoms with Crippen LogP contribution in [0.25, 0.3) is 0 Å². The van der Waals surface area contributed by atoms with E-state index in [0.717, 1.165) is 18.4 Å². The summed E-state index contributed by atoms with van der Waals surface area (Å²) >= 11 is 0. The average molecular weight is 300 g/mol. The van der Waals surface area contributed by atoms with E-state index in [-0.39, 0.29) is 5.92 Å². The Balaban J connectivity index is 1.81. The van der Waals surface area contributed by atoms with E-state index in [9.17, 15) is 5.26 Å². The Labute approximate surface area is 136 Å². The van der Waals surface area contributed by atoms with E-state index in [4.69, 9.17) is 0 Å². The molecule has 2 heteroatoms. The molecule has 0 aromatic heterocycles. The summed E-state index contributed by atoms with van der Waals surface area (Å²) in [6, 6.07) is 4.50. The molecule has 22 heavy (non-hydrogen) atoms. The quantitative estimate of drug-likeness (QED) is 0.681. The maximum Gasteiger partial charge on any atom is 0.0672 e. The van der Waals surface area contributed by atoms with Gasteiger partial charge in [-0.2, -0.15) is 5.26 Å². The van der Waals surface area contributed by atoms with Gasteiger partial charge < -0.3 is 0 Å². The third-order valence-corrected chi connectivity index (χ3v) is 6.24. The fourth-order valence-corrected chi connectivity index (χ4v) is 4.98. The molecule has 0 heterocycles. The predicted octanol–water partition coefficient (Wildman–Crippen LogP) is 5.06. The summed E-state index contributed by atoms with van der Waals surface area (Å²) in [7, 11) is 0. The van der Waals surface area contributed by atoms with Gasteiger partial charge in [-0.05, 0) is 44.4 Å². The van der Waals surface area contributed by atoms with Crippen LogP contribution in [-0.4, -0.2) is 23.0 Å². The molecular weight excluding hydrogens is 268 g/mol. The van der Waals surface area contributed by atoms with E-state index in [2.05, 4.69) is 30.0 Å². The van der Waals surface area contributed by atoms with Crippen molar-refractivity contribution in [3.05, 3.63) is 12.2 Å². The molecule has 0 amide bonds. The summed E-state index contributed by atoms with van der Waals surface area (Å²) in [6.45, 7) is 2.33. The Bertz CT molecular complexity index is 416. The Morgan fingerprint density at radius 1 is 0.864 bits per heavy atom. The zero-order chi connectivity index (χ0) is 15.4. The van der Waals surface area contributed by atoms with Gasteiger partial charge in [-0.3, -0.25) is 4.90 Å². The van der Waals surface area contributed by atoms with E-state index in [1.165, 1.54) is 64.2 Å². The Kier molecular flexibility index (Phi) is 5.58. The molecule has 2 fully saturated rings. The normalized spacial score (nSPS) is 37.1. The van der Waals surface area contributed by atoms with Gasteiger partial charge in [-0.25, -0.2) is 0 Å². The molecule has 0 bridgehead atoms. The van der Waals surface area contributed by atoms with Crippen LogP contribution in [-0.2, 0) is 0 Å². The van der Waals surface area contributed by atoms with Crippen LogP contribution in [0.3, 0.4) is 0 Å². The van der Waals surface area contributed by atoms with Crippen LogP contribution in [0.5, 0.6) is 0 Å². The van der Waals surface area contributed by atoms with Crippen LogP contribution in [0.15, 0.2) is 12.2 Å². The summed E-state index contributed by atoms with van der Waals surface area (Å²) in [6.07, 6.45) is 19.3. The van der Waals surface area contributed by atoms with Gasteiger partial charge in [0.25, 0.3) is 0 Å². The molecule has 0 aromatic carbocycles. The average Bonchev–Trinajstić information content (AvgIpc) is 2.58. The number of hydrogen-bond acceptors (Lipinski definition) is 2. The first-order valence-corrected chi connectivity index (χ1v) is 9.65. The minimum Gasteiger partial charge on any atom is -0.290 e. The summed E-state index contributed by atoms with van der Waals surface area (Å²) in [5, 5.41) is 9.65. The van der Waals surface area contributed by atoms with Crippen molar-refractivity contribution in [1.29, 1.82) is 5.26 Å². The number of allylic oxidation sites excluding steroid dienone is 1. The van der Waals surface area contributed by atoms with E-state index in [1.807, 2.05) is 0 Å². The van der Waals surface area contributed by atoms with Gasteiger partial charge in [-0.15, -0.1) is 0 Å². The van der Waals surface area contributed by atoms with Crippen LogP contribution in [0.4, 0.5) is 0 Å². The van der Waals surface area contributed by atoms with Crippen molar-refractivity contribution in [1.82, 2.24) is 4.90 Å². The molecule has 3 aliphatic rings. The molecule has 0 spiro atoms. The largest absolute Gasteiger partial charge is 0.290 e. The lowest BCUT2D eigenvalue weighted by molar-refractivity contribution is 0.0313. The first kappa shape index (κ1) is 16.1. The maximum atomic E-state index is 9.65. The molecule has 0 saturated heterocycles. The van der Waals surface area contributed by atoms with Crippen LogP contribution in [0.1, 0.15) is 77.6 Å². The van der Waals surface area contributed by atoms with Crippen molar-refractivity contribution in [2.75, 3.05) is 0 Å². The highest BCUT2D eigenvalue weighted by molar-refractivity contribution is 5.07. The lowest BCUT2D eigenvalue weighted by Crippen LogP contribution is -2.53. The van der Waals surface area contributed by atoms with Gasteiger partial charge in [0.05, 0.1) is 12.0 Å².